The second-order valence-corrected chi connectivity index (χ2v) is 6.62. The molecule has 2 amide bonds. The summed E-state index contributed by atoms with van der Waals surface area (Å²) < 4.78 is 5.21. The number of rotatable bonds is 9. The van der Waals surface area contributed by atoms with Crippen molar-refractivity contribution in [3.8, 4) is 5.75 Å². The highest BCUT2D eigenvalue weighted by atomic mass is 35.5. The number of nitrogens with one attached hydrogen (secondary N) is 1. The molecule has 1 heterocycles. The fraction of sp³-hybridized carbons (Fsp3) is 0.526. The minimum Gasteiger partial charge on any atom is -0.495 e. The summed E-state index contributed by atoms with van der Waals surface area (Å²) in [5.74, 6) is -1.17. The highest BCUT2D eigenvalue weighted by Crippen LogP contribution is 2.23. The van der Waals surface area contributed by atoms with Crippen molar-refractivity contribution in [2.24, 2.45) is 5.92 Å². The van der Waals surface area contributed by atoms with Crippen LogP contribution in [-0.4, -0.2) is 72.5 Å². The summed E-state index contributed by atoms with van der Waals surface area (Å²) in [5, 5.41) is 11.8. The number of para-hydroxylation sites is 2. The number of nitrogens with zero attached hydrogens (tertiary/aromatic N) is 2. The van der Waals surface area contributed by atoms with Crippen LogP contribution in [0.25, 0.3) is 0 Å². The minimum atomic E-state index is -0.827. The predicted molar refractivity (Wildman–Crippen MR) is 108 cm³/mol. The molecule has 0 radical (unpaired) electrons. The monoisotopic (exact) mass is 413 g/mol. The van der Waals surface area contributed by atoms with Gasteiger partial charge in [0.15, 0.2) is 0 Å². The maximum Gasteiger partial charge on any atom is 0.307 e. The van der Waals surface area contributed by atoms with Crippen molar-refractivity contribution in [1.82, 2.24) is 9.80 Å². The first-order valence-corrected chi connectivity index (χ1v) is 9.10. The van der Waals surface area contributed by atoms with E-state index >= 15 is 0 Å². The van der Waals surface area contributed by atoms with Gasteiger partial charge in [-0.1, -0.05) is 19.1 Å². The molecule has 156 valence electrons. The molecule has 2 N–H and O–H groups in total. The normalized spacial score (nSPS) is 16.1. The second kappa shape index (κ2) is 11.5. The van der Waals surface area contributed by atoms with Crippen LogP contribution in [0, 0.1) is 5.92 Å². The summed E-state index contributed by atoms with van der Waals surface area (Å²) in [4.78, 5) is 39.4. The number of halogens is 1. The number of methoxy groups -OCH3 is 1. The number of hydrogen-bond acceptors (Lipinski definition) is 5. The Bertz CT molecular complexity index is 685. The van der Waals surface area contributed by atoms with Gasteiger partial charge in [0.05, 0.1) is 31.8 Å². The van der Waals surface area contributed by atoms with E-state index in [1.165, 1.54) is 12.0 Å². The SMILES string of the molecule is CCCN(CC(=O)Nc1ccccc1OC)C(=O)CN1CCC(C(=O)O)C1.Cl. The Morgan fingerprint density at radius 1 is 1.32 bits per heavy atom. The van der Waals surface area contributed by atoms with E-state index in [0.29, 0.717) is 37.5 Å². The molecule has 8 nitrogen and oxygen atoms in total. The number of benzene rings is 1. The Balaban J connectivity index is 0.00000392. The molecule has 1 aromatic carbocycles. The van der Waals surface area contributed by atoms with Crippen LogP contribution < -0.4 is 10.1 Å². The van der Waals surface area contributed by atoms with Crippen molar-refractivity contribution in [2.45, 2.75) is 19.8 Å². The lowest BCUT2D eigenvalue weighted by molar-refractivity contribution is -0.141. The topological polar surface area (TPSA) is 99.2 Å². The van der Waals surface area contributed by atoms with Gasteiger partial charge < -0.3 is 20.1 Å². The van der Waals surface area contributed by atoms with Gasteiger partial charge in [0.1, 0.15) is 5.75 Å². The summed E-state index contributed by atoms with van der Waals surface area (Å²) >= 11 is 0. The molecule has 0 bridgehead atoms. The number of aliphatic carboxylic acids is 1. The summed E-state index contributed by atoms with van der Waals surface area (Å²) in [5.41, 5.74) is 0.553. The maximum absolute atomic E-state index is 12.6. The molecular formula is C19H28ClN3O5. The number of anilines is 1. The van der Waals surface area contributed by atoms with Crippen LogP contribution in [0.2, 0.25) is 0 Å². The summed E-state index contributed by atoms with van der Waals surface area (Å²) in [7, 11) is 1.53. The molecular weight excluding hydrogens is 386 g/mol. The van der Waals surface area contributed by atoms with E-state index in [4.69, 9.17) is 9.84 Å². The third kappa shape index (κ3) is 6.69. The first-order chi connectivity index (χ1) is 12.9. The van der Waals surface area contributed by atoms with E-state index in [1.807, 2.05) is 17.9 Å². The Morgan fingerprint density at radius 3 is 2.64 bits per heavy atom. The Hall–Kier alpha value is -2.32. The number of hydrogen-bond donors (Lipinski definition) is 2. The first-order valence-electron chi connectivity index (χ1n) is 9.10. The van der Waals surface area contributed by atoms with Crippen LogP contribution in [0.1, 0.15) is 19.8 Å². The van der Waals surface area contributed by atoms with E-state index in [1.54, 1.807) is 18.2 Å². The van der Waals surface area contributed by atoms with Crippen LogP contribution >= 0.6 is 12.4 Å². The average Bonchev–Trinajstić information content (AvgIpc) is 3.10. The fourth-order valence-electron chi connectivity index (χ4n) is 3.14. The van der Waals surface area contributed by atoms with Crippen molar-refractivity contribution >= 4 is 35.9 Å². The van der Waals surface area contributed by atoms with Crippen LogP contribution in [0.15, 0.2) is 24.3 Å². The number of carboxylic acid groups (broad SMARTS) is 1. The standard InChI is InChI=1S/C19H27N3O5.ClH/c1-3-9-22(18(24)13-21-10-8-14(11-21)19(25)26)12-17(23)20-15-6-4-5-7-16(15)27-2;/h4-7,14H,3,8-13H2,1-2H3,(H,20,23)(H,25,26);1H. The van der Waals surface area contributed by atoms with Crippen molar-refractivity contribution < 1.29 is 24.2 Å². The van der Waals surface area contributed by atoms with Crippen LogP contribution in [-0.2, 0) is 14.4 Å². The third-order valence-electron chi connectivity index (χ3n) is 4.54. The number of carbonyl (C=O) groups is 3. The molecule has 0 aliphatic carbocycles. The van der Waals surface area contributed by atoms with Gasteiger partial charge in [-0.05, 0) is 31.5 Å². The third-order valence-corrected chi connectivity index (χ3v) is 4.54. The highest BCUT2D eigenvalue weighted by molar-refractivity contribution is 5.95. The van der Waals surface area contributed by atoms with E-state index in [9.17, 15) is 14.4 Å². The van der Waals surface area contributed by atoms with Gasteiger partial charge in [-0.25, -0.2) is 0 Å². The Labute approximate surface area is 171 Å². The van der Waals surface area contributed by atoms with Gasteiger partial charge in [0, 0.05) is 13.1 Å². The molecule has 1 atom stereocenters. The zero-order valence-electron chi connectivity index (χ0n) is 16.2. The van der Waals surface area contributed by atoms with Gasteiger partial charge in [-0.15, -0.1) is 12.4 Å². The lowest BCUT2D eigenvalue weighted by Crippen LogP contribution is -2.43. The minimum absolute atomic E-state index is 0. The Morgan fingerprint density at radius 2 is 2.04 bits per heavy atom. The molecule has 0 spiro atoms. The number of carbonyl (C=O) groups excluding carboxylic acids is 2. The average molecular weight is 414 g/mol. The zero-order valence-corrected chi connectivity index (χ0v) is 17.0. The molecule has 1 aliphatic rings. The summed E-state index contributed by atoms with van der Waals surface area (Å²) in [6, 6.07) is 7.08. The quantitative estimate of drug-likeness (QED) is 0.639. The first kappa shape index (κ1) is 23.7. The smallest absolute Gasteiger partial charge is 0.307 e. The van der Waals surface area contributed by atoms with Crippen LogP contribution in [0.5, 0.6) is 5.75 Å². The molecule has 1 aliphatic heterocycles. The number of carboxylic acids is 1. The highest BCUT2D eigenvalue weighted by Gasteiger charge is 2.30. The van der Waals surface area contributed by atoms with Crippen molar-refractivity contribution in [3.63, 3.8) is 0 Å². The molecule has 28 heavy (non-hydrogen) atoms. The van der Waals surface area contributed by atoms with E-state index in [0.717, 1.165) is 6.42 Å². The summed E-state index contributed by atoms with van der Waals surface area (Å²) in [6.45, 7) is 3.43. The van der Waals surface area contributed by atoms with Gasteiger partial charge in [-0.2, -0.15) is 0 Å². The largest absolute Gasteiger partial charge is 0.495 e. The fourth-order valence-corrected chi connectivity index (χ4v) is 3.14. The molecule has 1 saturated heterocycles. The Kier molecular flexibility index (Phi) is 9.75. The summed E-state index contributed by atoms with van der Waals surface area (Å²) in [6.07, 6.45) is 1.27. The van der Waals surface area contributed by atoms with Gasteiger partial charge in [0.2, 0.25) is 11.8 Å². The van der Waals surface area contributed by atoms with Crippen LogP contribution in [0.3, 0.4) is 0 Å². The zero-order chi connectivity index (χ0) is 19.8. The lowest BCUT2D eigenvalue weighted by Gasteiger charge is -2.24. The molecule has 0 aromatic heterocycles. The van der Waals surface area contributed by atoms with Gasteiger partial charge >= 0.3 is 5.97 Å². The van der Waals surface area contributed by atoms with Crippen LogP contribution in [0.4, 0.5) is 5.69 Å². The lowest BCUT2D eigenvalue weighted by atomic mass is 10.1. The maximum atomic E-state index is 12.6. The van der Waals surface area contributed by atoms with Crippen molar-refractivity contribution in [2.75, 3.05) is 45.2 Å². The molecule has 9 heteroatoms. The van der Waals surface area contributed by atoms with E-state index < -0.39 is 11.9 Å². The molecule has 0 saturated carbocycles. The number of ether oxygens (including phenoxy) is 1. The van der Waals surface area contributed by atoms with Gasteiger partial charge in [-0.3, -0.25) is 19.3 Å². The van der Waals surface area contributed by atoms with Crippen molar-refractivity contribution in [1.29, 1.82) is 0 Å². The number of amides is 2. The van der Waals surface area contributed by atoms with E-state index in [2.05, 4.69) is 5.32 Å². The molecule has 1 aromatic rings. The van der Waals surface area contributed by atoms with Gasteiger partial charge in [0.25, 0.3) is 0 Å². The molecule has 2 rings (SSSR count). The number of likely N-dealkylation sites (tertiary alicyclic amines) is 1. The van der Waals surface area contributed by atoms with Crippen molar-refractivity contribution in [3.05, 3.63) is 24.3 Å². The molecule has 1 fully saturated rings. The second-order valence-electron chi connectivity index (χ2n) is 6.62. The molecule has 1 unspecified atom stereocenters. The van der Waals surface area contributed by atoms with E-state index in [-0.39, 0.29) is 37.3 Å². The predicted octanol–water partition coefficient (Wildman–Crippen LogP) is 1.70.